The number of fused-ring (bicyclic) bond motifs is 1. The smallest absolute Gasteiger partial charge is 0.475 e. The molecule has 13 heteroatoms. The minimum atomic E-state index is -5.08. The summed E-state index contributed by atoms with van der Waals surface area (Å²) < 4.78 is 39.7. The van der Waals surface area contributed by atoms with Crippen molar-refractivity contribution in [3.63, 3.8) is 0 Å². The molecule has 33 heavy (non-hydrogen) atoms. The Balaban J connectivity index is 0.000000383. The van der Waals surface area contributed by atoms with E-state index in [2.05, 4.69) is 44.3 Å². The van der Waals surface area contributed by atoms with Crippen LogP contribution in [0.15, 0.2) is 40.2 Å². The predicted molar refractivity (Wildman–Crippen MR) is 128 cm³/mol. The van der Waals surface area contributed by atoms with Gasteiger partial charge in [0.25, 0.3) is 0 Å². The highest BCUT2D eigenvalue weighted by molar-refractivity contribution is 9.10. The third kappa shape index (κ3) is 6.46. The van der Waals surface area contributed by atoms with E-state index in [1.54, 1.807) is 22.7 Å². The van der Waals surface area contributed by atoms with E-state index in [-0.39, 0.29) is 12.1 Å². The Hall–Kier alpha value is -1.70. The van der Waals surface area contributed by atoms with Gasteiger partial charge in [0.15, 0.2) is 0 Å². The van der Waals surface area contributed by atoms with E-state index in [4.69, 9.17) is 32.0 Å². The summed E-state index contributed by atoms with van der Waals surface area (Å²) in [6.07, 6.45) is -4.48. The lowest BCUT2D eigenvalue weighted by Crippen LogP contribution is -2.35. The molecule has 2 atom stereocenters. The van der Waals surface area contributed by atoms with Gasteiger partial charge in [-0.2, -0.15) is 13.2 Å². The van der Waals surface area contributed by atoms with Crippen LogP contribution in [0.25, 0.3) is 10.2 Å². The Bertz CT molecular complexity index is 1160. The van der Waals surface area contributed by atoms with Crippen LogP contribution in [0, 0.1) is 0 Å². The standard InChI is InChI=1S/C18H17BrClN3OS2.C2HF3O2/c1-9-5-11(21)16(24-8-9)18-14(19)15-17(26-18)12(6-13(20)23-15)22-7-10-3-2-4-25-10;3-2(4,5)1(6)7/h2-4,6,11,16H,1,5,7-8,21H2,(H,22,23);(H,6,7)/t11-,16-;/m1./s1. The van der Waals surface area contributed by atoms with Gasteiger partial charge >= 0.3 is 12.1 Å². The first-order valence-corrected chi connectivity index (χ1v) is 12.2. The summed E-state index contributed by atoms with van der Waals surface area (Å²) in [7, 11) is 0. The molecule has 0 saturated carbocycles. The number of nitrogens with two attached hydrogens (primary N) is 1. The monoisotopic (exact) mass is 583 g/mol. The number of aliphatic carboxylic acids is 1. The first-order valence-electron chi connectivity index (χ1n) is 9.36. The zero-order valence-electron chi connectivity index (χ0n) is 16.8. The number of pyridine rings is 1. The molecule has 0 spiro atoms. The molecule has 4 rings (SSSR count). The fourth-order valence-corrected chi connectivity index (χ4v) is 6.01. The van der Waals surface area contributed by atoms with Crippen LogP contribution in [-0.4, -0.2) is 34.9 Å². The molecular formula is C20H18BrClF3N3O3S2. The zero-order valence-corrected chi connectivity index (χ0v) is 20.8. The Morgan fingerprint density at radius 2 is 2.18 bits per heavy atom. The number of carboxylic acids is 1. The number of carbonyl (C=O) groups is 1. The Morgan fingerprint density at radius 1 is 1.48 bits per heavy atom. The van der Waals surface area contributed by atoms with E-state index in [1.165, 1.54) is 4.88 Å². The molecule has 0 aromatic carbocycles. The molecule has 1 saturated heterocycles. The van der Waals surface area contributed by atoms with Gasteiger partial charge in [-0.3, -0.25) is 0 Å². The Kier molecular flexibility index (Phi) is 8.40. The second-order valence-corrected chi connectivity index (χ2v) is 10.3. The third-order valence-corrected chi connectivity index (χ3v) is 7.90. The van der Waals surface area contributed by atoms with Gasteiger partial charge in [0.05, 0.1) is 31.9 Å². The largest absolute Gasteiger partial charge is 0.490 e. The molecule has 0 unspecified atom stereocenters. The number of carboxylic acid groups (broad SMARTS) is 1. The van der Waals surface area contributed by atoms with Crippen LogP contribution >= 0.6 is 50.2 Å². The SMILES string of the molecule is C=C1CO[C@@H](c2sc3c(NCc4cccs4)cc(Cl)nc3c2Br)[C@H](N)C1.O=C(O)C(F)(F)F. The number of hydrogen-bond donors (Lipinski definition) is 3. The Labute approximate surface area is 208 Å². The summed E-state index contributed by atoms with van der Waals surface area (Å²) in [5, 5.41) is 13.1. The van der Waals surface area contributed by atoms with E-state index in [9.17, 15) is 13.2 Å². The van der Waals surface area contributed by atoms with E-state index in [1.807, 2.05) is 12.1 Å². The summed E-state index contributed by atoms with van der Waals surface area (Å²) in [5.74, 6) is -2.76. The van der Waals surface area contributed by atoms with Gasteiger partial charge in [0.2, 0.25) is 0 Å². The molecule has 6 nitrogen and oxygen atoms in total. The number of anilines is 1. The number of nitrogens with one attached hydrogen (secondary N) is 1. The molecule has 4 heterocycles. The maximum atomic E-state index is 10.6. The van der Waals surface area contributed by atoms with Crippen LogP contribution in [-0.2, 0) is 16.1 Å². The summed E-state index contributed by atoms with van der Waals surface area (Å²) in [6.45, 7) is 5.27. The van der Waals surface area contributed by atoms with Crippen molar-refractivity contribution >= 4 is 72.1 Å². The van der Waals surface area contributed by atoms with Crippen LogP contribution in [0.1, 0.15) is 22.3 Å². The van der Waals surface area contributed by atoms with Crippen molar-refractivity contribution in [2.24, 2.45) is 5.73 Å². The van der Waals surface area contributed by atoms with Crippen molar-refractivity contribution in [2.45, 2.75) is 31.3 Å². The van der Waals surface area contributed by atoms with Crippen molar-refractivity contribution in [1.29, 1.82) is 0 Å². The second-order valence-electron chi connectivity index (χ2n) is 7.04. The number of hydrogen-bond acceptors (Lipinski definition) is 7. The van der Waals surface area contributed by atoms with Gasteiger partial charge < -0.3 is 20.9 Å². The summed E-state index contributed by atoms with van der Waals surface area (Å²) in [5.41, 5.74) is 9.17. The Morgan fingerprint density at radius 3 is 2.76 bits per heavy atom. The summed E-state index contributed by atoms with van der Waals surface area (Å²) in [6, 6.07) is 5.91. The van der Waals surface area contributed by atoms with Gasteiger partial charge in [-0.1, -0.05) is 29.8 Å². The van der Waals surface area contributed by atoms with Crippen LogP contribution in [0.4, 0.5) is 18.9 Å². The van der Waals surface area contributed by atoms with Crippen molar-refractivity contribution in [2.75, 3.05) is 11.9 Å². The molecule has 4 N–H and O–H groups in total. The average Bonchev–Trinajstić information content (AvgIpc) is 3.35. The minimum Gasteiger partial charge on any atom is -0.475 e. The van der Waals surface area contributed by atoms with Crippen molar-refractivity contribution < 1.29 is 27.8 Å². The number of nitrogens with zero attached hydrogens (tertiary/aromatic N) is 1. The molecule has 1 aliphatic heterocycles. The summed E-state index contributed by atoms with van der Waals surface area (Å²) in [4.78, 5) is 15.7. The maximum absolute atomic E-state index is 10.6. The lowest BCUT2D eigenvalue weighted by molar-refractivity contribution is -0.192. The van der Waals surface area contributed by atoms with Crippen LogP contribution < -0.4 is 11.1 Å². The average molecular weight is 585 g/mol. The van der Waals surface area contributed by atoms with Crippen LogP contribution in [0.5, 0.6) is 0 Å². The molecule has 178 valence electrons. The molecule has 0 radical (unpaired) electrons. The summed E-state index contributed by atoms with van der Waals surface area (Å²) >= 11 is 13.3. The molecule has 0 aliphatic carbocycles. The topological polar surface area (TPSA) is 97.5 Å². The minimum absolute atomic E-state index is 0.112. The van der Waals surface area contributed by atoms with E-state index >= 15 is 0 Å². The fraction of sp³-hybridized carbons (Fsp3) is 0.300. The normalized spacial score (nSPS) is 18.7. The number of alkyl halides is 3. The first-order chi connectivity index (χ1) is 15.5. The number of halogens is 5. The van der Waals surface area contributed by atoms with Crippen LogP contribution in [0.3, 0.4) is 0 Å². The second kappa shape index (κ2) is 10.7. The molecule has 1 fully saturated rings. The number of rotatable bonds is 4. The molecule has 3 aromatic heterocycles. The number of ether oxygens (including phenoxy) is 1. The van der Waals surface area contributed by atoms with Gasteiger partial charge in [0, 0.05) is 23.5 Å². The molecule has 0 bridgehead atoms. The molecular weight excluding hydrogens is 567 g/mol. The lowest BCUT2D eigenvalue weighted by Gasteiger charge is -2.29. The highest BCUT2D eigenvalue weighted by Crippen LogP contribution is 2.45. The third-order valence-electron chi connectivity index (χ3n) is 4.49. The number of thiophene rings is 2. The van der Waals surface area contributed by atoms with E-state index < -0.39 is 12.1 Å². The van der Waals surface area contributed by atoms with Gasteiger partial charge in [-0.25, -0.2) is 9.78 Å². The maximum Gasteiger partial charge on any atom is 0.490 e. The van der Waals surface area contributed by atoms with Gasteiger partial charge in [-0.15, -0.1) is 22.7 Å². The van der Waals surface area contributed by atoms with Crippen LogP contribution in [0.2, 0.25) is 5.15 Å². The molecule has 3 aromatic rings. The number of aromatic nitrogens is 1. The highest BCUT2D eigenvalue weighted by Gasteiger charge is 2.38. The van der Waals surface area contributed by atoms with Crippen molar-refractivity contribution in [1.82, 2.24) is 4.98 Å². The zero-order chi connectivity index (χ0) is 24.3. The lowest BCUT2D eigenvalue weighted by atomic mass is 9.99. The molecule has 1 aliphatic rings. The molecule has 0 amide bonds. The highest BCUT2D eigenvalue weighted by atomic mass is 79.9. The van der Waals surface area contributed by atoms with Gasteiger partial charge in [-0.05, 0) is 33.8 Å². The van der Waals surface area contributed by atoms with Gasteiger partial charge in [0.1, 0.15) is 11.3 Å². The van der Waals surface area contributed by atoms with E-state index in [0.29, 0.717) is 11.8 Å². The fourth-order valence-electron chi connectivity index (χ4n) is 3.04. The van der Waals surface area contributed by atoms with Crippen molar-refractivity contribution in [3.8, 4) is 0 Å². The predicted octanol–water partition coefficient (Wildman–Crippen LogP) is 6.36. The van der Waals surface area contributed by atoms with E-state index in [0.717, 1.165) is 43.8 Å². The quantitative estimate of drug-likeness (QED) is 0.244. The van der Waals surface area contributed by atoms with Crippen molar-refractivity contribution in [3.05, 3.63) is 55.1 Å². The first kappa shape index (κ1) is 25.9.